The van der Waals surface area contributed by atoms with Crippen molar-refractivity contribution in [3.05, 3.63) is 0 Å². The smallest absolute Gasteiger partial charge is 0.392 e. The Labute approximate surface area is 94.0 Å². The zero-order chi connectivity index (χ0) is 12.4. The number of halogens is 3. The summed E-state index contributed by atoms with van der Waals surface area (Å²) in [5, 5.41) is 12.3. The van der Waals surface area contributed by atoms with Crippen molar-refractivity contribution in [3.8, 4) is 0 Å². The van der Waals surface area contributed by atoms with E-state index in [0.717, 1.165) is 12.8 Å². The van der Waals surface area contributed by atoms with Gasteiger partial charge in [-0.15, -0.1) is 0 Å². The lowest BCUT2D eigenvalue weighted by atomic mass is 10.2. The number of alkyl halides is 3. The van der Waals surface area contributed by atoms with Crippen LogP contribution in [-0.4, -0.2) is 43.7 Å². The van der Waals surface area contributed by atoms with Crippen LogP contribution in [0.15, 0.2) is 0 Å². The van der Waals surface area contributed by atoms with Crippen molar-refractivity contribution >= 4 is 0 Å². The van der Waals surface area contributed by atoms with E-state index in [2.05, 4.69) is 10.1 Å². The molecule has 0 aliphatic rings. The standard InChI is InChI=1S/C10H20F3NO2/c1-2-4-9(15)7-14-5-3-6-16-8-10(11,12)13/h9,14-15H,2-8H2,1H3. The van der Waals surface area contributed by atoms with E-state index < -0.39 is 12.8 Å². The lowest BCUT2D eigenvalue weighted by Crippen LogP contribution is -2.28. The zero-order valence-electron chi connectivity index (χ0n) is 9.52. The van der Waals surface area contributed by atoms with E-state index in [1.54, 1.807) is 0 Å². The van der Waals surface area contributed by atoms with E-state index in [1.807, 2.05) is 6.92 Å². The molecule has 0 saturated heterocycles. The minimum atomic E-state index is -4.25. The molecule has 2 N–H and O–H groups in total. The van der Waals surface area contributed by atoms with E-state index in [-0.39, 0.29) is 12.7 Å². The lowest BCUT2D eigenvalue weighted by Gasteiger charge is -2.11. The Balaban J connectivity index is 3.16. The second-order valence-corrected chi connectivity index (χ2v) is 3.67. The molecule has 3 nitrogen and oxygen atoms in total. The van der Waals surface area contributed by atoms with Gasteiger partial charge >= 0.3 is 6.18 Å². The molecule has 0 saturated carbocycles. The Kier molecular flexibility index (Phi) is 8.60. The van der Waals surface area contributed by atoms with Crippen LogP contribution >= 0.6 is 0 Å². The molecule has 0 heterocycles. The molecule has 0 aliphatic heterocycles. The average molecular weight is 243 g/mol. The van der Waals surface area contributed by atoms with Crippen LogP contribution in [-0.2, 0) is 4.74 Å². The molecule has 98 valence electrons. The van der Waals surface area contributed by atoms with Crippen molar-refractivity contribution in [3.63, 3.8) is 0 Å². The van der Waals surface area contributed by atoms with Crippen LogP contribution < -0.4 is 5.32 Å². The number of hydrogen-bond acceptors (Lipinski definition) is 3. The second-order valence-electron chi connectivity index (χ2n) is 3.67. The molecule has 6 heteroatoms. The third kappa shape index (κ3) is 11.7. The van der Waals surface area contributed by atoms with Gasteiger partial charge in [-0.2, -0.15) is 13.2 Å². The summed E-state index contributed by atoms with van der Waals surface area (Å²) in [5.41, 5.74) is 0. The predicted octanol–water partition coefficient (Wildman–Crippen LogP) is 1.71. The van der Waals surface area contributed by atoms with Crippen LogP contribution in [0.5, 0.6) is 0 Å². The van der Waals surface area contributed by atoms with Crippen molar-refractivity contribution < 1.29 is 23.0 Å². The van der Waals surface area contributed by atoms with Crippen LogP contribution in [0.3, 0.4) is 0 Å². The normalized spacial score (nSPS) is 14.1. The molecule has 1 atom stereocenters. The van der Waals surface area contributed by atoms with Gasteiger partial charge in [0.05, 0.1) is 6.10 Å². The fourth-order valence-corrected chi connectivity index (χ4v) is 1.19. The molecule has 0 amide bonds. The summed E-state index contributed by atoms with van der Waals surface area (Å²) in [6, 6.07) is 0. The van der Waals surface area contributed by atoms with Crippen LogP contribution in [0.25, 0.3) is 0 Å². The Hall–Kier alpha value is -0.330. The van der Waals surface area contributed by atoms with Gasteiger partial charge in [-0.05, 0) is 19.4 Å². The van der Waals surface area contributed by atoms with E-state index in [1.165, 1.54) is 0 Å². The lowest BCUT2D eigenvalue weighted by molar-refractivity contribution is -0.173. The van der Waals surface area contributed by atoms with Crippen LogP contribution in [0.2, 0.25) is 0 Å². The van der Waals surface area contributed by atoms with Gasteiger partial charge in [0.25, 0.3) is 0 Å². The van der Waals surface area contributed by atoms with Crippen molar-refractivity contribution in [2.75, 3.05) is 26.3 Å². The molecule has 1 unspecified atom stereocenters. The first kappa shape index (κ1) is 15.7. The maximum atomic E-state index is 11.6. The molecule has 0 aromatic heterocycles. The molecule has 16 heavy (non-hydrogen) atoms. The summed E-state index contributed by atoms with van der Waals surface area (Å²) < 4.78 is 39.4. The first-order valence-electron chi connectivity index (χ1n) is 5.49. The summed E-state index contributed by atoms with van der Waals surface area (Å²) in [7, 11) is 0. The van der Waals surface area contributed by atoms with Gasteiger partial charge in [0.1, 0.15) is 6.61 Å². The van der Waals surface area contributed by atoms with Gasteiger partial charge in [0, 0.05) is 13.2 Å². The van der Waals surface area contributed by atoms with E-state index in [4.69, 9.17) is 0 Å². The molecule has 0 aromatic rings. The Morgan fingerprint density at radius 3 is 2.62 bits per heavy atom. The molecule has 0 rings (SSSR count). The molecule has 0 aromatic carbocycles. The fourth-order valence-electron chi connectivity index (χ4n) is 1.19. The number of aliphatic hydroxyl groups excluding tert-OH is 1. The van der Waals surface area contributed by atoms with Gasteiger partial charge in [-0.25, -0.2) is 0 Å². The van der Waals surface area contributed by atoms with Crippen molar-refractivity contribution in [1.29, 1.82) is 0 Å². The minimum absolute atomic E-state index is 0.0797. The molecular formula is C10H20F3NO2. The fraction of sp³-hybridized carbons (Fsp3) is 1.00. The topological polar surface area (TPSA) is 41.5 Å². The molecular weight excluding hydrogens is 223 g/mol. The number of ether oxygens (including phenoxy) is 1. The SMILES string of the molecule is CCCC(O)CNCCCOCC(F)(F)F. The van der Waals surface area contributed by atoms with E-state index in [0.29, 0.717) is 19.5 Å². The second kappa shape index (κ2) is 8.78. The monoisotopic (exact) mass is 243 g/mol. The van der Waals surface area contributed by atoms with Gasteiger partial charge in [0.15, 0.2) is 0 Å². The van der Waals surface area contributed by atoms with E-state index >= 15 is 0 Å². The van der Waals surface area contributed by atoms with Crippen LogP contribution in [0, 0.1) is 0 Å². The quantitative estimate of drug-likeness (QED) is 0.606. The average Bonchev–Trinajstić information content (AvgIpc) is 2.15. The third-order valence-corrected chi connectivity index (χ3v) is 1.91. The molecule has 0 aliphatic carbocycles. The molecule has 0 radical (unpaired) electrons. The van der Waals surface area contributed by atoms with Crippen LogP contribution in [0.1, 0.15) is 26.2 Å². The van der Waals surface area contributed by atoms with Gasteiger partial charge in [-0.1, -0.05) is 13.3 Å². The maximum Gasteiger partial charge on any atom is 0.411 e. The first-order valence-corrected chi connectivity index (χ1v) is 5.49. The Morgan fingerprint density at radius 2 is 2.06 bits per heavy atom. The maximum absolute atomic E-state index is 11.6. The number of nitrogens with one attached hydrogen (secondary N) is 1. The van der Waals surface area contributed by atoms with Crippen molar-refractivity contribution in [2.45, 2.75) is 38.5 Å². The minimum Gasteiger partial charge on any atom is -0.392 e. The molecule has 0 spiro atoms. The van der Waals surface area contributed by atoms with Crippen LogP contribution in [0.4, 0.5) is 13.2 Å². The highest BCUT2D eigenvalue weighted by molar-refractivity contribution is 4.58. The molecule has 0 bridgehead atoms. The van der Waals surface area contributed by atoms with Crippen molar-refractivity contribution in [2.24, 2.45) is 0 Å². The predicted molar refractivity (Wildman–Crippen MR) is 55.3 cm³/mol. The summed E-state index contributed by atoms with van der Waals surface area (Å²) in [6.07, 6.45) is -2.46. The summed E-state index contributed by atoms with van der Waals surface area (Å²) in [4.78, 5) is 0. The first-order chi connectivity index (χ1) is 7.45. The number of hydrogen-bond donors (Lipinski definition) is 2. The highest BCUT2D eigenvalue weighted by atomic mass is 19.4. The number of aliphatic hydroxyl groups is 1. The van der Waals surface area contributed by atoms with Gasteiger partial charge < -0.3 is 15.2 Å². The van der Waals surface area contributed by atoms with Gasteiger partial charge in [0.2, 0.25) is 0 Å². The highest BCUT2D eigenvalue weighted by Crippen LogP contribution is 2.14. The highest BCUT2D eigenvalue weighted by Gasteiger charge is 2.27. The third-order valence-electron chi connectivity index (χ3n) is 1.91. The van der Waals surface area contributed by atoms with E-state index in [9.17, 15) is 18.3 Å². The largest absolute Gasteiger partial charge is 0.411 e. The van der Waals surface area contributed by atoms with Gasteiger partial charge in [-0.3, -0.25) is 0 Å². The zero-order valence-corrected chi connectivity index (χ0v) is 9.52. The van der Waals surface area contributed by atoms with Crippen molar-refractivity contribution in [1.82, 2.24) is 5.32 Å². The number of rotatable bonds is 9. The summed E-state index contributed by atoms with van der Waals surface area (Å²) in [6.45, 7) is 1.90. The summed E-state index contributed by atoms with van der Waals surface area (Å²) >= 11 is 0. The molecule has 0 fully saturated rings. The summed E-state index contributed by atoms with van der Waals surface area (Å²) in [5.74, 6) is 0. The Morgan fingerprint density at radius 1 is 1.38 bits per heavy atom. The Bertz CT molecular complexity index is 165.